The molecule has 3 aromatic carbocycles. The van der Waals surface area contributed by atoms with Crippen molar-refractivity contribution in [1.29, 1.82) is 0 Å². The Bertz CT molecular complexity index is 782. The summed E-state index contributed by atoms with van der Waals surface area (Å²) in [5.41, 5.74) is 2.43. The van der Waals surface area contributed by atoms with Crippen LogP contribution in [0.2, 0.25) is 0 Å². The zero-order chi connectivity index (χ0) is 16.8. The topological polar surface area (TPSA) is 21.3 Å². The standard InChI is InChI=1S/C22H25NO/c1-3-17(2)23-15-21-20-12-8-7-11-19(20)13-14-22(21)24-16-18-9-5-4-6-10-18/h4-14,17,23H,3,15-16H2,1-2H3. The third-order valence-corrected chi connectivity index (χ3v) is 4.47. The minimum absolute atomic E-state index is 0.492. The van der Waals surface area contributed by atoms with E-state index in [-0.39, 0.29) is 0 Å². The number of hydrogen-bond donors (Lipinski definition) is 1. The van der Waals surface area contributed by atoms with E-state index < -0.39 is 0 Å². The predicted octanol–water partition coefficient (Wildman–Crippen LogP) is 5.31. The second kappa shape index (κ2) is 7.98. The highest BCUT2D eigenvalue weighted by Gasteiger charge is 2.10. The van der Waals surface area contributed by atoms with Crippen molar-refractivity contribution in [2.24, 2.45) is 0 Å². The summed E-state index contributed by atoms with van der Waals surface area (Å²) >= 11 is 0. The van der Waals surface area contributed by atoms with Crippen molar-refractivity contribution in [2.75, 3.05) is 0 Å². The molecule has 0 aliphatic heterocycles. The van der Waals surface area contributed by atoms with Gasteiger partial charge in [-0.3, -0.25) is 0 Å². The molecule has 0 radical (unpaired) electrons. The molecule has 1 atom stereocenters. The van der Waals surface area contributed by atoms with E-state index in [0.29, 0.717) is 12.6 Å². The fraction of sp³-hybridized carbons (Fsp3) is 0.273. The highest BCUT2D eigenvalue weighted by molar-refractivity contribution is 5.87. The molecule has 0 aliphatic carbocycles. The van der Waals surface area contributed by atoms with Gasteiger partial charge >= 0.3 is 0 Å². The van der Waals surface area contributed by atoms with Gasteiger partial charge in [-0.05, 0) is 35.7 Å². The summed E-state index contributed by atoms with van der Waals surface area (Å²) in [5, 5.41) is 6.12. The lowest BCUT2D eigenvalue weighted by Gasteiger charge is -2.17. The molecule has 3 rings (SSSR count). The highest BCUT2D eigenvalue weighted by Crippen LogP contribution is 2.29. The van der Waals surface area contributed by atoms with Gasteiger partial charge in [0.1, 0.15) is 12.4 Å². The van der Waals surface area contributed by atoms with Gasteiger partial charge in [0.15, 0.2) is 0 Å². The number of rotatable bonds is 7. The van der Waals surface area contributed by atoms with Crippen LogP contribution in [0.4, 0.5) is 0 Å². The maximum Gasteiger partial charge on any atom is 0.124 e. The molecule has 1 N–H and O–H groups in total. The maximum absolute atomic E-state index is 6.16. The molecule has 0 spiro atoms. The van der Waals surface area contributed by atoms with Gasteiger partial charge in [0.25, 0.3) is 0 Å². The highest BCUT2D eigenvalue weighted by atomic mass is 16.5. The molecule has 2 heteroatoms. The van der Waals surface area contributed by atoms with Gasteiger partial charge < -0.3 is 10.1 Å². The Morgan fingerprint density at radius 3 is 2.46 bits per heavy atom. The van der Waals surface area contributed by atoms with Crippen LogP contribution >= 0.6 is 0 Å². The molecule has 0 heterocycles. The fourth-order valence-corrected chi connectivity index (χ4v) is 2.79. The molecular weight excluding hydrogens is 294 g/mol. The Labute approximate surface area is 144 Å². The van der Waals surface area contributed by atoms with E-state index in [1.165, 1.54) is 21.9 Å². The predicted molar refractivity (Wildman–Crippen MR) is 101 cm³/mol. The quantitative estimate of drug-likeness (QED) is 0.637. The van der Waals surface area contributed by atoms with Crippen LogP contribution in [-0.2, 0) is 13.2 Å². The minimum atomic E-state index is 0.492. The molecule has 3 aromatic rings. The van der Waals surface area contributed by atoms with Crippen molar-refractivity contribution in [3.05, 3.63) is 77.9 Å². The Balaban J connectivity index is 1.87. The van der Waals surface area contributed by atoms with E-state index >= 15 is 0 Å². The van der Waals surface area contributed by atoms with E-state index in [9.17, 15) is 0 Å². The SMILES string of the molecule is CCC(C)NCc1c(OCc2ccccc2)ccc2ccccc12. The Kier molecular flexibility index (Phi) is 5.50. The van der Waals surface area contributed by atoms with Gasteiger partial charge in [-0.15, -0.1) is 0 Å². The summed E-state index contributed by atoms with van der Waals surface area (Å²) in [4.78, 5) is 0. The van der Waals surface area contributed by atoms with Crippen molar-refractivity contribution in [1.82, 2.24) is 5.32 Å². The summed E-state index contributed by atoms with van der Waals surface area (Å²) in [6.45, 7) is 5.83. The lowest BCUT2D eigenvalue weighted by molar-refractivity contribution is 0.302. The van der Waals surface area contributed by atoms with Crippen LogP contribution in [0.3, 0.4) is 0 Å². The largest absolute Gasteiger partial charge is 0.489 e. The van der Waals surface area contributed by atoms with E-state index in [4.69, 9.17) is 4.74 Å². The monoisotopic (exact) mass is 319 g/mol. The van der Waals surface area contributed by atoms with Crippen LogP contribution in [-0.4, -0.2) is 6.04 Å². The van der Waals surface area contributed by atoms with Gasteiger partial charge in [0.05, 0.1) is 0 Å². The van der Waals surface area contributed by atoms with Crippen molar-refractivity contribution in [2.45, 2.75) is 39.5 Å². The van der Waals surface area contributed by atoms with Crippen LogP contribution in [0.1, 0.15) is 31.4 Å². The molecule has 2 nitrogen and oxygen atoms in total. The smallest absolute Gasteiger partial charge is 0.124 e. The summed E-state index contributed by atoms with van der Waals surface area (Å²) in [5.74, 6) is 0.966. The first-order valence-corrected chi connectivity index (χ1v) is 8.68. The summed E-state index contributed by atoms with van der Waals surface area (Å²) < 4.78 is 6.16. The summed E-state index contributed by atoms with van der Waals surface area (Å²) in [6.07, 6.45) is 1.12. The van der Waals surface area contributed by atoms with Crippen LogP contribution in [0, 0.1) is 0 Å². The van der Waals surface area contributed by atoms with E-state index in [1.54, 1.807) is 0 Å². The van der Waals surface area contributed by atoms with Crippen LogP contribution < -0.4 is 10.1 Å². The molecule has 0 saturated heterocycles. The van der Waals surface area contributed by atoms with Crippen molar-refractivity contribution >= 4 is 10.8 Å². The molecule has 24 heavy (non-hydrogen) atoms. The zero-order valence-electron chi connectivity index (χ0n) is 14.5. The normalized spacial score (nSPS) is 12.2. The lowest BCUT2D eigenvalue weighted by atomic mass is 10.0. The van der Waals surface area contributed by atoms with Crippen LogP contribution in [0.5, 0.6) is 5.75 Å². The summed E-state index contributed by atoms with van der Waals surface area (Å²) in [6, 6.07) is 23.6. The first-order chi connectivity index (χ1) is 11.8. The molecule has 0 fully saturated rings. The molecule has 0 aromatic heterocycles. The van der Waals surface area contributed by atoms with E-state index in [0.717, 1.165) is 18.7 Å². The second-order valence-corrected chi connectivity index (χ2v) is 6.23. The minimum Gasteiger partial charge on any atom is -0.489 e. The molecule has 1 unspecified atom stereocenters. The number of hydrogen-bond acceptors (Lipinski definition) is 2. The van der Waals surface area contributed by atoms with Gasteiger partial charge in [-0.25, -0.2) is 0 Å². The van der Waals surface area contributed by atoms with Gasteiger partial charge in [0, 0.05) is 18.2 Å². The number of ether oxygens (including phenoxy) is 1. The third-order valence-electron chi connectivity index (χ3n) is 4.47. The van der Waals surface area contributed by atoms with Crippen LogP contribution in [0.25, 0.3) is 10.8 Å². The van der Waals surface area contributed by atoms with Gasteiger partial charge in [-0.1, -0.05) is 67.6 Å². The van der Waals surface area contributed by atoms with E-state index in [2.05, 4.69) is 67.7 Å². The molecular formula is C22H25NO. The Morgan fingerprint density at radius 1 is 0.917 bits per heavy atom. The van der Waals surface area contributed by atoms with Crippen molar-refractivity contribution in [3.8, 4) is 5.75 Å². The third kappa shape index (κ3) is 3.95. The molecule has 0 amide bonds. The average molecular weight is 319 g/mol. The van der Waals surface area contributed by atoms with Gasteiger partial charge in [0.2, 0.25) is 0 Å². The van der Waals surface area contributed by atoms with Crippen molar-refractivity contribution in [3.63, 3.8) is 0 Å². The number of fused-ring (bicyclic) bond motifs is 1. The Morgan fingerprint density at radius 2 is 1.67 bits per heavy atom. The summed E-state index contributed by atoms with van der Waals surface area (Å²) in [7, 11) is 0. The number of nitrogens with one attached hydrogen (secondary N) is 1. The zero-order valence-corrected chi connectivity index (χ0v) is 14.5. The second-order valence-electron chi connectivity index (χ2n) is 6.23. The van der Waals surface area contributed by atoms with Gasteiger partial charge in [-0.2, -0.15) is 0 Å². The average Bonchev–Trinajstić information content (AvgIpc) is 2.65. The number of benzene rings is 3. The molecule has 0 saturated carbocycles. The first kappa shape index (κ1) is 16.5. The lowest BCUT2D eigenvalue weighted by Crippen LogP contribution is -2.24. The molecule has 124 valence electrons. The molecule has 0 aliphatic rings. The van der Waals surface area contributed by atoms with Crippen molar-refractivity contribution < 1.29 is 4.74 Å². The Hall–Kier alpha value is -2.32. The fourth-order valence-electron chi connectivity index (χ4n) is 2.79. The first-order valence-electron chi connectivity index (χ1n) is 8.68. The van der Waals surface area contributed by atoms with E-state index in [1.807, 2.05) is 18.2 Å². The molecule has 0 bridgehead atoms. The van der Waals surface area contributed by atoms with Crippen LogP contribution in [0.15, 0.2) is 66.7 Å². The maximum atomic E-state index is 6.16.